The zero-order valence-electron chi connectivity index (χ0n) is 17.9. The van der Waals surface area contributed by atoms with E-state index < -0.39 is 0 Å². The Morgan fingerprint density at radius 2 is 1.45 bits per heavy atom. The average molecular weight is 432 g/mol. The van der Waals surface area contributed by atoms with Crippen molar-refractivity contribution in [2.45, 2.75) is 43.9 Å². The van der Waals surface area contributed by atoms with Crippen molar-refractivity contribution in [3.05, 3.63) is 102 Å². The molecule has 0 saturated heterocycles. The molecule has 0 fully saturated rings. The van der Waals surface area contributed by atoms with E-state index in [2.05, 4.69) is 42.5 Å². The van der Waals surface area contributed by atoms with Gasteiger partial charge < -0.3 is 4.74 Å². The van der Waals surface area contributed by atoms with Crippen molar-refractivity contribution in [3.63, 3.8) is 0 Å². The van der Waals surface area contributed by atoms with E-state index in [0.717, 1.165) is 43.4 Å². The highest BCUT2D eigenvalue weighted by molar-refractivity contribution is 6.17. The number of hydrogen-bond donors (Lipinski definition) is 0. The molecule has 0 radical (unpaired) electrons. The van der Waals surface area contributed by atoms with Gasteiger partial charge in [0, 0.05) is 11.8 Å². The second-order valence-electron chi connectivity index (χ2n) is 7.82. The number of ether oxygens (including phenoxy) is 1. The number of halogens is 1. The predicted molar refractivity (Wildman–Crippen MR) is 129 cm³/mol. The Hall–Kier alpha value is -2.76. The van der Waals surface area contributed by atoms with E-state index in [9.17, 15) is 5.26 Å². The topological polar surface area (TPSA) is 33.0 Å². The molecule has 0 saturated carbocycles. The minimum absolute atomic E-state index is 0.134. The maximum absolute atomic E-state index is 9.96. The van der Waals surface area contributed by atoms with Crippen LogP contribution in [0.1, 0.15) is 54.2 Å². The van der Waals surface area contributed by atoms with Crippen LogP contribution in [0.25, 0.3) is 0 Å². The summed E-state index contributed by atoms with van der Waals surface area (Å²) >= 11 is 5.95. The minimum atomic E-state index is -0.203. The van der Waals surface area contributed by atoms with E-state index >= 15 is 0 Å². The van der Waals surface area contributed by atoms with Crippen molar-refractivity contribution >= 4 is 11.6 Å². The molecule has 0 aliphatic rings. The molecular formula is C28H30ClNO. The van der Waals surface area contributed by atoms with E-state index in [1.807, 2.05) is 48.5 Å². The molecule has 3 rings (SSSR count). The predicted octanol–water partition coefficient (Wildman–Crippen LogP) is 7.50. The van der Waals surface area contributed by atoms with Gasteiger partial charge in [-0.25, -0.2) is 0 Å². The van der Waals surface area contributed by atoms with Crippen molar-refractivity contribution in [2.75, 3.05) is 12.5 Å². The molecule has 2 unspecified atom stereocenters. The fourth-order valence-electron chi connectivity index (χ4n) is 3.96. The SMILES string of the molecule is N#CC(c1ccc(OCCCCc2ccccc2)cc1)C(CCCCl)c1ccccc1. The van der Waals surface area contributed by atoms with Crippen molar-refractivity contribution in [2.24, 2.45) is 0 Å². The van der Waals surface area contributed by atoms with Crippen LogP contribution in [0.15, 0.2) is 84.9 Å². The molecule has 2 nitrogen and oxygen atoms in total. The summed E-state index contributed by atoms with van der Waals surface area (Å²) in [5.41, 5.74) is 3.59. The molecule has 2 atom stereocenters. The molecule has 3 aromatic rings. The third kappa shape index (κ3) is 7.16. The summed E-state index contributed by atoms with van der Waals surface area (Å²) in [6, 6.07) is 31.4. The van der Waals surface area contributed by atoms with Gasteiger partial charge in [-0.05, 0) is 60.9 Å². The highest BCUT2D eigenvalue weighted by atomic mass is 35.5. The van der Waals surface area contributed by atoms with Gasteiger partial charge in [0.2, 0.25) is 0 Å². The lowest BCUT2D eigenvalue weighted by Crippen LogP contribution is -2.11. The molecule has 0 aromatic heterocycles. The van der Waals surface area contributed by atoms with Crippen LogP contribution in [0.4, 0.5) is 0 Å². The number of alkyl halides is 1. The summed E-state index contributed by atoms with van der Waals surface area (Å²) in [5.74, 6) is 1.40. The molecule has 31 heavy (non-hydrogen) atoms. The molecular weight excluding hydrogens is 402 g/mol. The minimum Gasteiger partial charge on any atom is -0.494 e. The molecule has 3 aromatic carbocycles. The number of aryl methyl sites for hydroxylation is 1. The smallest absolute Gasteiger partial charge is 0.119 e. The Bertz CT molecular complexity index is 919. The lowest BCUT2D eigenvalue weighted by molar-refractivity contribution is 0.307. The number of unbranched alkanes of at least 4 members (excludes halogenated alkanes) is 1. The standard InChI is InChI=1S/C28H30ClNO/c29-20-9-15-27(24-13-5-2-6-14-24)28(22-30)25-16-18-26(19-17-25)31-21-8-7-12-23-10-3-1-4-11-23/h1-6,10-11,13-14,16-19,27-28H,7-9,12,15,20-21H2. The maximum Gasteiger partial charge on any atom is 0.119 e. The summed E-state index contributed by atoms with van der Waals surface area (Å²) in [6.45, 7) is 0.705. The third-order valence-corrected chi connectivity index (χ3v) is 5.90. The Morgan fingerprint density at radius 3 is 2.10 bits per heavy atom. The first kappa shape index (κ1) is 22.9. The molecule has 0 spiro atoms. The average Bonchev–Trinajstić information content (AvgIpc) is 2.83. The molecule has 0 amide bonds. The van der Waals surface area contributed by atoms with E-state index in [4.69, 9.17) is 16.3 Å². The van der Waals surface area contributed by atoms with E-state index in [0.29, 0.717) is 12.5 Å². The number of rotatable bonds is 12. The number of nitrogens with zero attached hydrogens (tertiary/aromatic N) is 1. The van der Waals surface area contributed by atoms with Gasteiger partial charge in [0.25, 0.3) is 0 Å². The van der Waals surface area contributed by atoms with Gasteiger partial charge >= 0.3 is 0 Å². The van der Waals surface area contributed by atoms with Crippen LogP contribution in [-0.2, 0) is 6.42 Å². The van der Waals surface area contributed by atoms with E-state index in [-0.39, 0.29) is 11.8 Å². The molecule has 0 aliphatic carbocycles. The monoisotopic (exact) mass is 431 g/mol. The van der Waals surface area contributed by atoms with Crippen molar-refractivity contribution in [1.82, 2.24) is 0 Å². The van der Waals surface area contributed by atoms with Gasteiger partial charge in [-0.15, -0.1) is 11.6 Å². The zero-order valence-corrected chi connectivity index (χ0v) is 18.7. The molecule has 3 heteroatoms. The van der Waals surface area contributed by atoms with Gasteiger partial charge in [0.1, 0.15) is 5.75 Å². The van der Waals surface area contributed by atoms with E-state index in [1.165, 1.54) is 11.1 Å². The summed E-state index contributed by atoms with van der Waals surface area (Å²) in [6.07, 6.45) is 4.99. The van der Waals surface area contributed by atoms with Crippen LogP contribution in [0.5, 0.6) is 5.75 Å². The van der Waals surface area contributed by atoms with Crippen LogP contribution in [0.2, 0.25) is 0 Å². The molecule has 0 N–H and O–H groups in total. The van der Waals surface area contributed by atoms with Crippen LogP contribution >= 0.6 is 11.6 Å². The second kappa shape index (κ2) is 12.8. The fourth-order valence-corrected chi connectivity index (χ4v) is 4.11. The number of hydrogen-bond acceptors (Lipinski definition) is 2. The summed E-state index contributed by atoms with van der Waals surface area (Å²) < 4.78 is 5.92. The normalized spacial score (nSPS) is 12.6. The van der Waals surface area contributed by atoms with Crippen LogP contribution in [-0.4, -0.2) is 12.5 Å². The van der Waals surface area contributed by atoms with Gasteiger partial charge in [-0.1, -0.05) is 72.8 Å². The highest BCUT2D eigenvalue weighted by Crippen LogP contribution is 2.36. The Balaban J connectivity index is 1.56. The first-order valence-corrected chi connectivity index (χ1v) is 11.6. The fraction of sp³-hybridized carbons (Fsp3) is 0.321. The summed E-state index contributed by atoms with van der Waals surface area (Å²) in [5, 5.41) is 9.96. The van der Waals surface area contributed by atoms with Crippen molar-refractivity contribution < 1.29 is 4.74 Å². The maximum atomic E-state index is 9.96. The summed E-state index contributed by atoms with van der Waals surface area (Å²) in [7, 11) is 0. The lowest BCUT2D eigenvalue weighted by atomic mass is 9.80. The number of benzene rings is 3. The highest BCUT2D eigenvalue weighted by Gasteiger charge is 2.24. The van der Waals surface area contributed by atoms with Crippen LogP contribution in [0, 0.1) is 11.3 Å². The third-order valence-electron chi connectivity index (χ3n) is 5.63. The zero-order chi connectivity index (χ0) is 21.7. The largest absolute Gasteiger partial charge is 0.494 e. The first-order chi connectivity index (χ1) is 15.3. The molecule has 0 heterocycles. The van der Waals surface area contributed by atoms with Gasteiger partial charge in [-0.3, -0.25) is 0 Å². The van der Waals surface area contributed by atoms with Crippen LogP contribution < -0.4 is 4.74 Å². The van der Waals surface area contributed by atoms with Gasteiger partial charge in [-0.2, -0.15) is 5.26 Å². The number of nitriles is 1. The van der Waals surface area contributed by atoms with E-state index in [1.54, 1.807) is 0 Å². The molecule has 0 bridgehead atoms. The Labute approximate surface area is 191 Å². The van der Waals surface area contributed by atoms with Crippen molar-refractivity contribution in [3.8, 4) is 11.8 Å². The lowest BCUT2D eigenvalue weighted by Gasteiger charge is -2.23. The quantitative estimate of drug-likeness (QED) is 0.219. The van der Waals surface area contributed by atoms with Gasteiger partial charge in [0.05, 0.1) is 18.6 Å². The second-order valence-corrected chi connectivity index (χ2v) is 8.19. The summed E-state index contributed by atoms with van der Waals surface area (Å²) in [4.78, 5) is 0. The van der Waals surface area contributed by atoms with Crippen molar-refractivity contribution in [1.29, 1.82) is 5.26 Å². The van der Waals surface area contributed by atoms with Gasteiger partial charge in [0.15, 0.2) is 0 Å². The molecule has 0 aliphatic heterocycles. The Morgan fingerprint density at radius 1 is 0.774 bits per heavy atom. The molecule has 160 valence electrons. The Kier molecular flexibility index (Phi) is 9.48. The van der Waals surface area contributed by atoms with Crippen LogP contribution in [0.3, 0.4) is 0 Å². The first-order valence-electron chi connectivity index (χ1n) is 11.1.